The van der Waals surface area contributed by atoms with Gasteiger partial charge >= 0.3 is 0 Å². The van der Waals surface area contributed by atoms with Gasteiger partial charge in [0.1, 0.15) is 0 Å². The second-order valence-corrected chi connectivity index (χ2v) is 8.12. The SMILES string of the molecule is Cc1ccc([N+](=O)[O-])c(S(=O)(=O)NCC2NCCc3ccccc32)c1C.Cl. The highest BCUT2D eigenvalue weighted by atomic mass is 35.5. The summed E-state index contributed by atoms with van der Waals surface area (Å²) >= 11 is 0. The monoisotopic (exact) mass is 411 g/mol. The first-order valence-electron chi connectivity index (χ1n) is 8.36. The van der Waals surface area contributed by atoms with Gasteiger partial charge in [-0.15, -0.1) is 12.4 Å². The van der Waals surface area contributed by atoms with E-state index in [-0.39, 0.29) is 29.9 Å². The molecule has 2 aromatic rings. The van der Waals surface area contributed by atoms with Crippen molar-refractivity contribution in [1.82, 2.24) is 10.0 Å². The third kappa shape index (κ3) is 4.30. The van der Waals surface area contributed by atoms with Gasteiger partial charge in [-0.1, -0.05) is 30.3 Å². The van der Waals surface area contributed by atoms with Crippen molar-refractivity contribution in [2.45, 2.75) is 31.2 Å². The summed E-state index contributed by atoms with van der Waals surface area (Å²) in [5.41, 5.74) is 2.92. The zero-order valence-electron chi connectivity index (χ0n) is 15.1. The van der Waals surface area contributed by atoms with Gasteiger partial charge in [0.25, 0.3) is 5.69 Å². The second-order valence-electron chi connectivity index (χ2n) is 6.42. The molecule has 7 nitrogen and oxygen atoms in total. The molecule has 2 N–H and O–H groups in total. The maximum atomic E-state index is 12.8. The molecule has 2 aromatic carbocycles. The van der Waals surface area contributed by atoms with Crippen LogP contribution in [0, 0.1) is 24.0 Å². The van der Waals surface area contributed by atoms with Gasteiger partial charge in [-0.25, -0.2) is 13.1 Å². The normalized spacial score (nSPS) is 16.3. The molecule has 1 aliphatic rings. The Morgan fingerprint density at radius 2 is 1.93 bits per heavy atom. The van der Waals surface area contributed by atoms with Crippen LogP contribution in [0.1, 0.15) is 28.3 Å². The average molecular weight is 412 g/mol. The zero-order valence-corrected chi connectivity index (χ0v) is 16.7. The van der Waals surface area contributed by atoms with E-state index >= 15 is 0 Å². The molecule has 1 unspecified atom stereocenters. The molecule has 0 amide bonds. The van der Waals surface area contributed by atoms with Gasteiger partial charge in [-0.05, 0) is 49.1 Å². The number of nitrogens with one attached hydrogen (secondary N) is 2. The van der Waals surface area contributed by atoms with E-state index in [1.165, 1.54) is 11.6 Å². The summed E-state index contributed by atoms with van der Waals surface area (Å²) in [4.78, 5) is 10.4. The highest BCUT2D eigenvalue weighted by Gasteiger charge is 2.30. The van der Waals surface area contributed by atoms with Crippen LogP contribution in [0.25, 0.3) is 0 Å². The Morgan fingerprint density at radius 1 is 1.22 bits per heavy atom. The van der Waals surface area contributed by atoms with Crippen molar-refractivity contribution in [3.05, 3.63) is 68.8 Å². The maximum absolute atomic E-state index is 12.8. The Labute approximate surface area is 164 Å². The fourth-order valence-electron chi connectivity index (χ4n) is 3.30. The number of nitrogens with zero attached hydrogens (tertiary/aromatic N) is 1. The predicted octanol–water partition coefficient (Wildman–Crippen LogP) is 2.80. The van der Waals surface area contributed by atoms with Crippen LogP contribution < -0.4 is 10.0 Å². The third-order valence-electron chi connectivity index (χ3n) is 4.81. The molecular formula is C18H22ClN3O4S. The summed E-state index contributed by atoms with van der Waals surface area (Å²) in [6, 6.07) is 10.5. The number of hydrogen-bond donors (Lipinski definition) is 2. The summed E-state index contributed by atoms with van der Waals surface area (Å²) in [6.45, 7) is 4.21. The summed E-state index contributed by atoms with van der Waals surface area (Å²) in [6.07, 6.45) is 0.891. The molecule has 0 spiro atoms. The molecule has 0 bridgehead atoms. The van der Waals surface area contributed by atoms with Gasteiger partial charge in [0.2, 0.25) is 10.0 Å². The molecule has 0 saturated carbocycles. The van der Waals surface area contributed by atoms with Gasteiger partial charge in [0.05, 0.1) is 4.92 Å². The molecule has 0 aliphatic carbocycles. The van der Waals surface area contributed by atoms with Crippen molar-refractivity contribution in [3.63, 3.8) is 0 Å². The first-order valence-corrected chi connectivity index (χ1v) is 9.85. The van der Waals surface area contributed by atoms with E-state index in [2.05, 4.69) is 10.0 Å². The smallest absolute Gasteiger partial charge is 0.289 e. The van der Waals surface area contributed by atoms with Crippen molar-refractivity contribution >= 4 is 28.1 Å². The molecule has 146 valence electrons. The second kappa shape index (κ2) is 8.35. The number of sulfonamides is 1. The van der Waals surface area contributed by atoms with Crippen molar-refractivity contribution in [1.29, 1.82) is 0 Å². The number of benzene rings is 2. The van der Waals surface area contributed by atoms with E-state index in [0.29, 0.717) is 11.1 Å². The Bertz CT molecular complexity index is 963. The third-order valence-corrected chi connectivity index (χ3v) is 6.41. The minimum Gasteiger partial charge on any atom is -0.308 e. The van der Waals surface area contributed by atoms with Crippen molar-refractivity contribution in [3.8, 4) is 0 Å². The highest BCUT2D eigenvalue weighted by Crippen LogP contribution is 2.30. The fourth-order valence-corrected chi connectivity index (χ4v) is 4.81. The lowest BCUT2D eigenvalue weighted by Crippen LogP contribution is -2.39. The highest BCUT2D eigenvalue weighted by molar-refractivity contribution is 7.89. The number of hydrogen-bond acceptors (Lipinski definition) is 5. The van der Waals surface area contributed by atoms with Crippen LogP contribution in [-0.4, -0.2) is 26.4 Å². The number of rotatable bonds is 5. The van der Waals surface area contributed by atoms with Crippen LogP contribution in [0.15, 0.2) is 41.3 Å². The van der Waals surface area contributed by atoms with Gasteiger partial charge < -0.3 is 5.32 Å². The van der Waals surface area contributed by atoms with Gasteiger partial charge in [0, 0.05) is 18.7 Å². The minimum atomic E-state index is -4.02. The predicted molar refractivity (Wildman–Crippen MR) is 106 cm³/mol. The van der Waals surface area contributed by atoms with E-state index in [4.69, 9.17) is 0 Å². The van der Waals surface area contributed by atoms with Crippen LogP contribution in [0.3, 0.4) is 0 Å². The van der Waals surface area contributed by atoms with Crippen molar-refractivity contribution in [2.75, 3.05) is 13.1 Å². The van der Waals surface area contributed by atoms with E-state index < -0.39 is 20.6 Å². The number of nitro benzene ring substituents is 1. The average Bonchev–Trinajstić information content (AvgIpc) is 2.61. The van der Waals surface area contributed by atoms with Crippen molar-refractivity contribution < 1.29 is 13.3 Å². The topological polar surface area (TPSA) is 101 Å². The lowest BCUT2D eigenvalue weighted by Gasteiger charge is -2.27. The number of halogens is 1. The minimum absolute atomic E-state index is 0. The van der Waals surface area contributed by atoms with Crippen LogP contribution in [0.2, 0.25) is 0 Å². The van der Waals surface area contributed by atoms with Crippen LogP contribution in [0.5, 0.6) is 0 Å². The summed E-state index contributed by atoms with van der Waals surface area (Å²) in [5.74, 6) is 0. The quantitative estimate of drug-likeness (QED) is 0.581. The zero-order chi connectivity index (χ0) is 18.9. The Balaban J connectivity index is 0.00000261. The molecule has 3 rings (SSSR count). The van der Waals surface area contributed by atoms with E-state index in [9.17, 15) is 18.5 Å². The molecule has 9 heteroatoms. The number of nitro groups is 1. The number of fused-ring (bicyclic) bond motifs is 1. The van der Waals surface area contributed by atoms with Crippen molar-refractivity contribution in [2.24, 2.45) is 0 Å². The molecule has 27 heavy (non-hydrogen) atoms. The summed E-state index contributed by atoms with van der Waals surface area (Å²) < 4.78 is 28.2. The Kier molecular flexibility index (Phi) is 6.59. The maximum Gasteiger partial charge on any atom is 0.289 e. The van der Waals surface area contributed by atoms with Gasteiger partial charge in [-0.2, -0.15) is 0 Å². The largest absolute Gasteiger partial charge is 0.308 e. The molecular weight excluding hydrogens is 390 g/mol. The van der Waals surface area contributed by atoms with E-state index in [1.807, 2.05) is 24.3 Å². The standard InChI is InChI=1S/C18H21N3O4S.ClH/c1-12-7-8-17(21(22)23)18(13(12)2)26(24,25)20-11-16-15-6-4-3-5-14(15)9-10-19-16;/h3-8,16,19-20H,9-11H2,1-2H3;1H. The van der Waals surface area contributed by atoms with E-state index in [0.717, 1.165) is 18.5 Å². The van der Waals surface area contributed by atoms with Crippen LogP contribution >= 0.6 is 12.4 Å². The number of aryl methyl sites for hydroxylation is 1. The first-order chi connectivity index (χ1) is 12.3. The van der Waals surface area contributed by atoms with Crippen LogP contribution in [0.4, 0.5) is 5.69 Å². The molecule has 1 atom stereocenters. The fraction of sp³-hybridized carbons (Fsp3) is 0.333. The molecule has 1 heterocycles. The molecule has 1 aliphatic heterocycles. The van der Waals surface area contributed by atoms with E-state index in [1.54, 1.807) is 19.9 Å². The Hall–Kier alpha value is -2.00. The summed E-state index contributed by atoms with van der Waals surface area (Å²) in [5, 5.41) is 14.6. The van der Waals surface area contributed by atoms with Gasteiger partial charge in [-0.3, -0.25) is 10.1 Å². The van der Waals surface area contributed by atoms with Gasteiger partial charge in [0.15, 0.2) is 4.90 Å². The molecule has 0 saturated heterocycles. The molecule has 0 fully saturated rings. The van der Waals surface area contributed by atoms with Crippen LogP contribution in [-0.2, 0) is 16.4 Å². The molecule has 0 aromatic heterocycles. The Morgan fingerprint density at radius 3 is 2.63 bits per heavy atom. The lowest BCUT2D eigenvalue weighted by molar-refractivity contribution is -0.387. The molecule has 0 radical (unpaired) electrons. The first kappa shape index (κ1) is 21.3. The lowest BCUT2D eigenvalue weighted by atomic mass is 9.95. The summed E-state index contributed by atoms with van der Waals surface area (Å²) in [7, 11) is -4.02.